The molecule has 2 heterocycles. The Bertz CT molecular complexity index is 446. The summed E-state index contributed by atoms with van der Waals surface area (Å²) in [5.74, 6) is 0.512. The lowest BCUT2D eigenvalue weighted by Gasteiger charge is -2.21. The van der Waals surface area contributed by atoms with Gasteiger partial charge in [0.15, 0.2) is 0 Å². The number of rotatable bonds is 4. The number of piperidine rings is 1. The fraction of sp³-hybridized carbons (Fsp3) is 0.538. The minimum atomic E-state index is -0.149. The van der Waals surface area contributed by atoms with Crippen LogP contribution in [0.3, 0.4) is 0 Å². The van der Waals surface area contributed by atoms with Gasteiger partial charge >= 0.3 is 0 Å². The monoisotopic (exact) mass is 283 g/mol. The molecule has 6 heteroatoms. The van der Waals surface area contributed by atoms with E-state index in [2.05, 4.69) is 20.9 Å². The van der Waals surface area contributed by atoms with Gasteiger partial charge in [-0.3, -0.25) is 4.79 Å². The number of carbonyl (C=O) groups excluding carboxylic acids is 1. The second-order valence-electron chi connectivity index (χ2n) is 4.82. The Morgan fingerprint density at radius 1 is 1.53 bits per heavy atom. The third kappa shape index (κ3) is 3.81. The highest BCUT2D eigenvalue weighted by Gasteiger charge is 2.17. The summed E-state index contributed by atoms with van der Waals surface area (Å²) in [6.45, 7) is 3.25. The maximum absolute atomic E-state index is 11.8. The van der Waals surface area contributed by atoms with E-state index in [0.717, 1.165) is 12.2 Å². The SMILES string of the molecule is CNC(=O)c1cnc(Cl)cc1NCC1CC[NH2+]CC1. The van der Waals surface area contributed by atoms with Crippen molar-refractivity contribution in [3.05, 3.63) is 23.0 Å². The molecular formula is C13H20ClN4O+. The average Bonchev–Trinajstić information content (AvgIpc) is 2.45. The van der Waals surface area contributed by atoms with Crippen molar-refractivity contribution < 1.29 is 10.1 Å². The van der Waals surface area contributed by atoms with Crippen LogP contribution in [-0.4, -0.2) is 37.6 Å². The molecule has 2 rings (SSSR count). The normalized spacial score (nSPS) is 16.1. The van der Waals surface area contributed by atoms with Gasteiger partial charge in [-0.15, -0.1) is 0 Å². The van der Waals surface area contributed by atoms with Crippen molar-refractivity contribution in [2.24, 2.45) is 5.92 Å². The first-order chi connectivity index (χ1) is 9.20. The lowest BCUT2D eigenvalue weighted by atomic mass is 9.98. The number of anilines is 1. The van der Waals surface area contributed by atoms with E-state index < -0.39 is 0 Å². The summed E-state index contributed by atoms with van der Waals surface area (Å²) in [7, 11) is 1.61. The molecule has 1 aliphatic rings. The maximum atomic E-state index is 11.8. The Hall–Kier alpha value is -1.33. The number of pyridine rings is 1. The van der Waals surface area contributed by atoms with Crippen LogP contribution in [0.1, 0.15) is 23.2 Å². The molecule has 0 atom stereocenters. The smallest absolute Gasteiger partial charge is 0.254 e. The summed E-state index contributed by atoms with van der Waals surface area (Å²) in [6.07, 6.45) is 3.93. The molecule has 104 valence electrons. The van der Waals surface area contributed by atoms with E-state index in [4.69, 9.17) is 11.6 Å². The van der Waals surface area contributed by atoms with Crippen LogP contribution >= 0.6 is 11.6 Å². The standard InChI is InChI=1S/C13H19ClN4O/c1-15-13(19)10-8-18-12(14)6-11(10)17-7-9-2-4-16-5-3-9/h6,8-9,16H,2-5,7H2,1H3,(H,15,19)(H,17,18)/p+1. The first-order valence-electron chi connectivity index (χ1n) is 6.64. The Morgan fingerprint density at radius 3 is 2.95 bits per heavy atom. The number of carbonyl (C=O) groups is 1. The minimum absolute atomic E-state index is 0.149. The number of aromatic nitrogens is 1. The summed E-state index contributed by atoms with van der Waals surface area (Å²) in [5, 5.41) is 8.69. The highest BCUT2D eigenvalue weighted by Crippen LogP contribution is 2.20. The van der Waals surface area contributed by atoms with E-state index in [1.54, 1.807) is 13.1 Å². The molecule has 1 saturated heterocycles. The molecule has 4 N–H and O–H groups in total. The Labute approximate surface area is 118 Å². The lowest BCUT2D eigenvalue weighted by Crippen LogP contribution is -2.86. The van der Waals surface area contributed by atoms with E-state index in [1.807, 2.05) is 0 Å². The largest absolute Gasteiger partial charge is 0.384 e. The van der Waals surface area contributed by atoms with Gasteiger partial charge in [0.1, 0.15) is 5.15 Å². The van der Waals surface area contributed by atoms with Gasteiger partial charge in [0, 0.05) is 32.6 Å². The molecule has 0 unspecified atom stereocenters. The first-order valence-corrected chi connectivity index (χ1v) is 7.01. The van der Waals surface area contributed by atoms with Crippen LogP contribution in [0.2, 0.25) is 5.15 Å². The number of halogens is 1. The summed E-state index contributed by atoms with van der Waals surface area (Å²) in [4.78, 5) is 15.7. The first kappa shape index (κ1) is 14.1. The number of nitrogens with two attached hydrogens (primary N) is 1. The van der Waals surface area contributed by atoms with Gasteiger partial charge in [0.05, 0.1) is 24.3 Å². The van der Waals surface area contributed by atoms with Gasteiger partial charge in [-0.05, 0) is 12.0 Å². The lowest BCUT2D eigenvalue weighted by molar-refractivity contribution is -0.664. The van der Waals surface area contributed by atoms with Crippen molar-refractivity contribution in [1.29, 1.82) is 0 Å². The molecule has 1 aliphatic heterocycles. The van der Waals surface area contributed by atoms with Crippen LogP contribution in [0.25, 0.3) is 0 Å². The predicted molar refractivity (Wildman–Crippen MR) is 75.5 cm³/mol. The Morgan fingerprint density at radius 2 is 2.26 bits per heavy atom. The fourth-order valence-electron chi connectivity index (χ4n) is 2.35. The zero-order chi connectivity index (χ0) is 13.7. The van der Waals surface area contributed by atoms with Crippen LogP contribution in [-0.2, 0) is 0 Å². The van der Waals surface area contributed by atoms with Crippen molar-refractivity contribution >= 4 is 23.2 Å². The molecule has 0 spiro atoms. The molecule has 0 radical (unpaired) electrons. The highest BCUT2D eigenvalue weighted by molar-refractivity contribution is 6.29. The van der Waals surface area contributed by atoms with E-state index in [1.165, 1.54) is 32.1 Å². The van der Waals surface area contributed by atoms with Crippen LogP contribution in [0.5, 0.6) is 0 Å². The van der Waals surface area contributed by atoms with Crippen LogP contribution in [0.15, 0.2) is 12.3 Å². The van der Waals surface area contributed by atoms with E-state index in [0.29, 0.717) is 16.6 Å². The average molecular weight is 284 g/mol. The molecule has 1 aromatic rings. The molecule has 1 aromatic heterocycles. The van der Waals surface area contributed by atoms with Crippen molar-refractivity contribution in [2.75, 3.05) is 32.0 Å². The molecule has 0 aliphatic carbocycles. The molecule has 1 amide bonds. The fourth-order valence-corrected chi connectivity index (χ4v) is 2.50. The van der Waals surface area contributed by atoms with Gasteiger partial charge in [0.2, 0.25) is 0 Å². The van der Waals surface area contributed by atoms with Crippen molar-refractivity contribution in [2.45, 2.75) is 12.8 Å². The van der Waals surface area contributed by atoms with E-state index >= 15 is 0 Å². The molecule has 0 saturated carbocycles. The summed E-state index contributed by atoms with van der Waals surface area (Å²) >= 11 is 5.90. The Balaban J connectivity index is 2.05. The molecule has 19 heavy (non-hydrogen) atoms. The molecule has 0 bridgehead atoms. The summed E-state index contributed by atoms with van der Waals surface area (Å²) in [5.41, 5.74) is 1.29. The Kier molecular flexibility index (Phi) is 4.99. The zero-order valence-electron chi connectivity index (χ0n) is 11.1. The van der Waals surface area contributed by atoms with Crippen molar-refractivity contribution in [3.63, 3.8) is 0 Å². The minimum Gasteiger partial charge on any atom is -0.384 e. The third-order valence-electron chi connectivity index (χ3n) is 3.48. The third-order valence-corrected chi connectivity index (χ3v) is 3.69. The quantitative estimate of drug-likeness (QED) is 0.704. The van der Waals surface area contributed by atoms with Gasteiger partial charge in [-0.25, -0.2) is 4.98 Å². The van der Waals surface area contributed by atoms with Gasteiger partial charge in [-0.2, -0.15) is 0 Å². The number of nitrogens with zero attached hydrogens (tertiary/aromatic N) is 1. The topological polar surface area (TPSA) is 70.6 Å². The van der Waals surface area contributed by atoms with Crippen LogP contribution < -0.4 is 16.0 Å². The molecule has 1 fully saturated rings. The van der Waals surface area contributed by atoms with Crippen molar-refractivity contribution in [3.8, 4) is 0 Å². The number of nitrogens with one attached hydrogen (secondary N) is 2. The van der Waals surface area contributed by atoms with Gasteiger partial charge in [0.25, 0.3) is 5.91 Å². The van der Waals surface area contributed by atoms with Crippen LogP contribution in [0, 0.1) is 5.92 Å². The second kappa shape index (κ2) is 6.73. The number of amides is 1. The summed E-state index contributed by atoms with van der Waals surface area (Å²) in [6, 6.07) is 1.71. The summed E-state index contributed by atoms with van der Waals surface area (Å²) < 4.78 is 0. The van der Waals surface area contributed by atoms with E-state index in [-0.39, 0.29) is 5.91 Å². The zero-order valence-corrected chi connectivity index (χ0v) is 11.8. The number of hydrogen-bond donors (Lipinski definition) is 3. The van der Waals surface area contributed by atoms with Crippen LogP contribution in [0.4, 0.5) is 5.69 Å². The highest BCUT2D eigenvalue weighted by atomic mass is 35.5. The molecule has 5 nitrogen and oxygen atoms in total. The number of hydrogen-bond acceptors (Lipinski definition) is 3. The van der Waals surface area contributed by atoms with Gasteiger partial charge < -0.3 is 16.0 Å². The maximum Gasteiger partial charge on any atom is 0.254 e. The van der Waals surface area contributed by atoms with Crippen molar-refractivity contribution in [1.82, 2.24) is 10.3 Å². The number of quaternary nitrogens is 1. The molecule has 0 aromatic carbocycles. The van der Waals surface area contributed by atoms with Gasteiger partial charge in [-0.1, -0.05) is 11.6 Å². The van der Waals surface area contributed by atoms with E-state index in [9.17, 15) is 4.79 Å². The second-order valence-corrected chi connectivity index (χ2v) is 5.21. The molecular weight excluding hydrogens is 264 g/mol. The predicted octanol–water partition coefficient (Wildman–Crippen LogP) is 0.480.